The van der Waals surface area contributed by atoms with Crippen LogP contribution in [0.4, 0.5) is 26.3 Å². The molecule has 0 saturated carbocycles. The van der Waals surface area contributed by atoms with Gasteiger partial charge in [0.25, 0.3) is 0 Å². The Labute approximate surface area is 205 Å². The minimum absolute atomic E-state index is 0.119. The topological polar surface area (TPSA) is 85.5 Å². The lowest BCUT2D eigenvalue weighted by atomic mass is 10.1. The number of hydrogen-bond acceptors (Lipinski definition) is 6. The van der Waals surface area contributed by atoms with Gasteiger partial charge in [0.05, 0.1) is 10.8 Å². The third kappa shape index (κ3) is 7.39. The number of rotatable bonds is 9. The van der Waals surface area contributed by atoms with Gasteiger partial charge in [0.2, 0.25) is 11.8 Å². The molecule has 194 valence electrons. The average Bonchev–Trinajstić information content (AvgIpc) is 3.26. The maximum Gasteiger partial charge on any atom is 0.416 e. The first kappa shape index (κ1) is 27.4. The molecule has 1 unspecified atom stereocenters. The molecule has 0 aliphatic rings. The summed E-state index contributed by atoms with van der Waals surface area (Å²) in [5.74, 6) is -1.17. The summed E-state index contributed by atoms with van der Waals surface area (Å²) in [6, 6.07) is 10.0. The van der Waals surface area contributed by atoms with Crippen LogP contribution in [0.5, 0.6) is 5.75 Å². The number of carbonyl (C=O) groups is 1. The minimum Gasteiger partial charge on any atom is -0.478 e. The maximum absolute atomic E-state index is 12.9. The van der Waals surface area contributed by atoms with Crippen molar-refractivity contribution in [3.63, 3.8) is 0 Å². The monoisotopic (exact) mass is 534 g/mol. The number of hydrogen-bond donors (Lipinski definition) is 1. The van der Waals surface area contributed by atoms with E-state index in [0.29, 0.717) is 4.90 Å². The van der Waals surface area contributed by atoms with Crippen molar-refractivity contribution in [1.29, 1.82) is 0 Å². The number of aromatic nitrogens is 2. The zero-order chi connectivity index (χ0) is 26.7. The van der Waals surface area contributed by atoms with Gasteiger partial charge in [-0.3, -0.25) is 0 Å². The zero-order valence-corrected chi connectivity index (χ0v) is 19.7. The summed E-state index contributed by atoms with van der Waals surface area (Å²) in [5.41, 5.74) is -2.17. The van der Waals surface area contributed by atoms with Gasteiger partial charge in [0.1, 0.15) is 5.75 Å². The van der Waals surface area contributed by atoms with E-state index in [2.05, 4.69) is 10.2 Å². The van der Waals surface area contributed by atoms with Crippen molar-refractivity contribution in [3.05, 3.63) is 60.0 Å². The lowest BCUT2D eigenvalue weighted by Crippen LogP contribution is -2.37. The molecule has 3 aromatic rings. The molecular formula is C23H20F6N2O4S. The first-order valence-corrected chi connectivity index (χ1v) is 11.3. The van der Waals surface area contributed by atoms with Crippen LogP contribution >= 0.6 is 11.8 Å². The van der Waals surface area contributed by atoms with Gasteiger partial charge in [-0.1, -0.05) is 0 Å². The van der Waals surface area contributed by atoms with Crippen LogP contribution in [0, 0.1) is 0 Å². The molecule has 0 saturated heterocycles. The van der Waals surface area contributed by atoms with Crippen LogP contribution in [-0.2, 0) is 11.0 Å². The first-order chi connectivity index (χ1) is 16.6. The Hall–Kier alpha value is -3.22. The van der Waals surface area contributed by atoms with Gasteiger partial charge in [-0.2, -0.15) is 26.3 Å². The number of aliphatic carboxylic acids is 1. The SMILES string of the molecule is CC(C)(Oc1ccc(SC(CCC(F)(F)F)c2nnc(-c3ccc(C(F)(F)F)cc3)o2)cc1)C(=O)O. The van der Waals surface area contributed by atoms with Crippen molar-refractivity contribution < 1.29 is 45.4 Å². The number of carboxylic acids is 1. The fraction of sp³-hybridized carbons (Fsp3) is 0.348. The number of nitrogens with zero attached hydrogens (tertiary/aromatic N) is 2. The number of alkyl halides is 6. The smallest absolute Gasteiger partial charge is 0.416 e. The van der Waals surface area contributed by atoms with Gasteiger partial charge >= 0.3 is 18.3 Å². The second-order valence-corrected chi connectivity index (χ2v) is 9.45. The van der Waals surface area contributed by atoms with Crippen molar-refractivity contribution in [1.82, 2.24) is 10.2 Å². The van der Waals surface area contributed by atoms with Gasteiger partial charge in [-0.15, -0.1) is 22.0 Å². The molecule has 1 heterocycles. The van der Waals surface area contributed by atoms with E-state index in [-0.39, 0.29) is 23.1 Å². The summed E-state index contributed by atoms with van der Waals surface area (Å²) in [4.78, 5) is 11.7. The molecular weight excluding hydrogens is 514 g/mol. The van der Waals surface area contributed by atoms with Gasteiger partial charge in [0.15, 0.2) is 5.60 Å². The van der Waals surface area contributed by atoms with Crippen molar-refractivity contribution in [2.45, 2.75) is 54.8 Å². The molecule has 0 aliphatic heterocycles. The largest absolute Gasteiger partial charge is 0.478 e. The van der Waals surface area contributed by atoms with E-state index in [1.165, 1.54) is 26.0 Å². The van der Waals surface area contributed by atoms with Crippen LogP contribution in [0.1, 0.15) is 43.4 Å². The second kappa shape index (κ2) is 10.4. The molecule has 13 heteroatoms. The number of carboxylic acid groups (broad SMARTS) is 1. The number of ether oxygens (including phenoxy) is 1. The zero-order valence-electron chi connectivity index (χ0n) is 18.9. The van der Waals surface area contributed by atoms with Gasteiger partial charge in [0, 0.05) is 16.9 Å². The molecule has 3 rings (SSSR count). The maximum atomic E-state index is 12.9. The summed E-state index contributed by atoms with van der Waals surface area (Å²) in [6.45, 7) is 2.74. The van der Waals surface area contributed by atoms with Crippen molar-refractivity contribution in [2.24, 2.45) is 0 Å². The van der Waals surface area contributed by atoms with Crippen molar-refractivity contribution in [2.75, 3.05) is 0 Å². The minimum atomic E-state index is -4.53. The molecule has 2 aromatic carbocycles. The fourth-order valence-corrected chi connectivity index (χ4v) is 3.95. The van der Waals surface area contributed by atoms with Crippen LogP contribution in [-0.4, -0.2) is 33.1 Å². The van der Waals surface area contributed by atoms with Crippen molar-refractivity contribution >= 4 is 17.7 Å². The summed E-state index contributed by atoms with van der Waals surface area (Å²) in [6.07, 6.45) is -10.5. The molecule has 1 atom stereocenters. The molecule has 0 spiro atoms. The standard InChI is InChI=1S/C23H20F6N2O4S/c1-21(2,20(32)33)35-15-7-9-16(10-8-15)36-17(11-12-22(24,25)26)19-31-30-18(34-19)13-3-5-14(6-4-13)23(27,28)29/h3-10,17H,11-12H2,1-2H3,(H,32,33). The summed E-state index contributed by atoms with van der Waals surface area (Å²) in [5, 5.41) is 15.9. The van der Waals surface area contributed by atoms with Gasteiger partial charge in [-0.25, -0.2) is 4.79 Å². The molecule has 6 nitrogen and oxygen atoms in total. The van der Waals surface area contributed by atoms with Gasteiger partial charge in [-0.05, 0) is 68.8 Å². The Morgan fingerprint density at radius 3 is 2.14 bits per heavy atom. The molecule has 1 N–H and O–H groups in total. The Kier molecular flexibility index (Phi) is 7.91. The normalized spacial score (nSPS) is 13.4. The summed E-state index contributed by atoms with van der Waals surface area (Å²) < 4.78 is 88.0. The highest BCUT2D eigenvalue weighted by Crippen LogP contribution is 2.41. The predicted molar refractivity (Wildman–Crippen MR) is 117 cm³/mol. The van der Waals surface area contributed by atoms with E-state index >= 15 is 0 Å². The lowest BCUT2D eigenvalue weighted by molar-refractivity contribution is -0.152. The highest BCUT2D eigenvalue weighted by molar-refractivity contribution is 7.99. The number of thioether (sulfide) groups is 1. The molecule has 0 fully saturated rings. The van der Waals surface area contributed by atoms with E-state index in [9.17, 15) is 31.1 Å². The summed E-state index contributed by atoms with van der Waals surface area (Å²) in [7, 11) is 0. The second-order valence-electron chi connectivity index (χ2n) is 8.17. The van der Waals surface area contributed by atoms with Gasteiger partial charge < -0.3 is 14.3 Å². The summed E-state index contributed by atoms with van der Waals surface area (Å²) >= 11 is 1.01. The number of halogens is 6. The van der Waals surface area contributed by atoms with E-state index in [1.54, 1.807) is 12.1 Å². The van der Waals surface area contributed by atoms with E-state index in [0.717, 1.165) is 36.0 Å². The third-order valence-corrected chi connectivity index (χ3v) is 6.12. The molecule has 1 aromatic heterocycles. The van der Waals surface area contributed by atoms with Crippen LogP contribution in [0.2, 0.25) is 0 Å². The molecule has 0 radical (unpaired) electrons. The quantitative estimate of drug-likeness (QED) is 0.230. The first-order valence-electron chi connectivity index (χ1n) is 10.4. The highest BCUT2D eigenvalue weighted by atomic mass is 32.2. The Bertz CT molecular complexity index is 1180. The Morgan fingerprint density at radius 2 is 1.61 bits per heavy atom. The lowest BCUT2D eigenvalue weighted by Gasteiger charge is -2.21. The number of benzene rings is 2. The van der Waals surface area contributed by atoms with E-state index in [1.807, 2.05) is 0 Å². The predicted octanol–water partition coefficient (Wildman–Crippen LogP) is 7.17. The fourth-order valence-electron chi connectivity index (χ4n) is 2.90. The molecule has 36 heavy (non-hydrogen) atoms. The Balaban J connectivity index is 1.80. The van der Waals surface area contributed by atoms with E-state index in [4.69, 9.17) is 14.3 Å². The average molecular weight is 534 g/mol. The van der Waals surface area contributed by atoms with E-state index < -0.39 is 47.6 Å². The van der Waals surface area contributed by atoms with Crippen LogP contribution in [0.3, 0.4) is 0 Å². The van der Waals surface area contributed by atoms with Crippen molar-refractivity contribution in [3.8, 4) is 17.2 Å². The molecule has 0 bridgehead atoms. The highest BCUT2D eigenvalue weighted by Gasteiger charge is 2.33. The molecule has 0 aliphatic carbocycles. The third-order valence-electron chi connectivity index (χ3n) is 4.86. The van der Waals surface area contributed by atoms with Crippen LogP contribution in [0.15, 0.2) is 57.8 Å². The van der Waals surface area contributed by atoms with Crippen LogP contribution in [0.25, 0.3) is 11.5 Å². The van der Waals surface area contributed by atoms with Crippen LogP contribution < -0.4 is 4.74 Å². The Morgan fingerprint density at radius 1 is 1.00 bits per heavy atom. The molecule has 0 amide bonds.